The van der Waals surface area contributed by atoms with E-state index in [1.54, 1.807) is 11.3 Å². The highest BCUT2D eigenvalue weighted by Gasteiger charge is 2.26. The largest absolute Gasteiger partial charge is 0.341 e. The third-order valence-corrected chi connectivity index (χ3v) is 7.01. The minimum atomic E-state index is 0.195. The lowest BCUT2D eigenvalue weighted by Gasteiger charge is -2.34. The molecule has 4 rings (SSSR count). The minimum Gasteiger partial charge on any atom is -0.341 e. The Morgan fingerprint density at radius 3 is 2.55 bits per heavy atom. The number of hydrogen-bond acceptors (Lipinski definition) is 5. The fraction of sp³-hybridized carbons (Fsp3) is 0.409. The summed E-state index contributed by atoms with van der Waals surface area (Å²) < 4.78 is 2.13. The number of thioether (sulfide) groups is 1. The van der Waals surface area contributed by atoms with Gasteiger partial charge in [-0.15, -0.1) is 21.5 Å². The number of thiophene rings is 1. The summed E-state index contributed by atoms with van der Waals surface area (Å²) >= 11 is 3.15. The van der Waals surface area contributed by atoms with E-state index >= 15 is 0 Å². The van der Waals surface area contributed by atoms with E-state index in [0.717, 1.165) is 28.9 Å². The van der Waals surface area contributed by atoms with Crippen molar-refractivity contribution < 1.29 is 4.79 Å². The number of likely N-dealkylation sites (tertiary alicyclic amines) is 1. The number of rotatable bonds is 6. The van der Waals surface area contributed by atoms with Gasteiger partial charge in [-0.2, -0.15) is 0 Å². The first-order chi connectivity index (χ1) is 14.1. The standard InChI is InChI=1S/C22H26N4OS2/c1-16-11-17(2)13-25(12-16)20(27)15-29-22-24-23-21(19-9-6-10-28-19)26(22)14-18-7-4-3-5-8-18/h3-10,16-17H,11-15H2,1-2H3. The van der Waals surface area contributed by atoms with Gasteiger partial charge in [-0.1, -0.05) is 62.0 Å². The predicted octanol–water partition coefficient (Wildman–Crippen LogP) is 4.65. The maximum atomic E-state index is 12.8. The molecule has 1 aliphatic rings. The molecule has 3 heterocycles. The van der Waals surface area contributed by atoms with Crippen molar-refractivity contribution in [3.63, 3.8) is 0 Å². The van der Waals surface area contributed by atoms with Gasteiger partial charge < -0.3 is 4.90 Å². The van der Waals surface area contributed by atoms with E-state index in [0.29, 0.717) is 24.1 Å². The van der Waals surface area contributed by atoms with Crippen molar-refractivity contribution in [3.05, 3.63) is 53.4 Å². The maximum Gasteiger partial charge on any atom is 0.233 e. The van der Waals surface area contributed by atoms with Gasteiger partial charge in [0.25, 0.3) is 0 Å². The summed E-state index contributed by atoms with van der Waals surface area (Å²) in [7, 11) is 0. The third kappa shape index (κ3) is 4.90. The molecule has 7 heteroatoms. The van der Waals surface area contributed by atoms with Gasteiger partial charge in [0, 0.05) is 13.1 Å². The summed E-state index contributed by atoms with van der Waals surface area (Å²) in [5.74, 6) is 2.59. The lowest BCUT2D eigenvalue weighted by Crippen LogP contribution is -2.43. The first-order valence-corrected chi connectivity index (χ1v) is 11.9. The summed E-state index contributed by atoms with van der Waals surface area (Å²) in [5.41, 5.74) is 1.19. The molecule has 0 spiro atoms. The minimum absolute atomic E-state index is 0.195. The Kier molecular flexibility index (Phi) is 6.35. The lowest BCUT2D eigenvalue weighted by atomic mass is 9.92. The second-order valence-corrected chi connectivity index (χ2v) is 9.78. The molecular weight excluding hydrogens is 400 g/mol. The molecule has 2 unspecified atom stereocenters. The average molecular weight is 427 g/mol. The van der Waals surface area contributed by atoms with E-state index in [1.165, 1.54) is 23.7 Å². The highest BCUT2D eigenvalue weighted by Crippen LogP contribution is 2.29. The zero-order chi connectivity index (χ0) is 20.2. The number of hydrogen-bond donors (Lipinski definition) is 0. The zero-order valence-electron chi connectivity index (χ0n) is 16.8. The topological polar surface area (TPSA) is 51.0 Å². The molecule has 1 amide bonds. The van der Waals surface area contributed by atoms with Crippen LogP contribution in [0.3, 0.4) is 0 Å². The van der Waals surface area contributed by atoms with Gasteiger partial charge in [-0.05, 0) is 35.3 Å². The molecule has 1 aromatic carbocycles. The van der Waals surface area contributed by atoms with Crippen LogP contribution in [0, 0.1) is 11.8 Å². The van der Waals surface area contributed by atoms with Crippen molar-refractivity contribution in [2.75, 3.05) is 18.8 Å². The van der Waals surface area contributed by atoms with Crippen LogP contribution in [0.5, 0.6) is 0 Å². The normalized spacial score (nSPS) is 19.4. The molecule has 152 valence electrons. The summed E-state index contributed by atoms with van der Waals surface area (Å²) in [5, 5.41) is 11.7. The molecule has 2 atom stereocenters. The van der Waals surface area contributed by atoms with Crippen LogP contribution in [0.15, 0.2) is 53.0 Å². The van der Waals surface area contributed by atoms with Gasteiger partial charge in [0.15, 0.2) is 11.0 Å². The van der Waals surface area contributed by atoms with Gasteiger partial charge in [-0.3, -0.25) is 9.36 Å². The number of carbonyl (C=O) groups is 1. The van der Waals surface area contributed by atoms with Crippen LogP contribution < -0.4 is 0 Å². The molecule has 29 heavy (non-hydrogen) atoms. The van der Waals surface area contributed by atoms with Crippen LogP contribution in [0.25, 0.3) is 10.7 Å². The van der Waals surface area contributed by atoms with Crippen LogP contribution in [0.2, 0.25) is 0 Å². The van der Waals surface area contributed by atoms with E-state index in [2.05, 4.69) is 46.8 Å². The van der Waals surface area contributed by atoms with Crippen molar-refractivity contribution in [2.24, 2.45) is 11.8 Å². The van der Waals surface area contributed by atoms with Crippen LogP contribution in [0.1, 0.15) is 25.8 Å². The molecule has 1 aliphatic heterocycles. The number of amides is 1. The fourth-order valence-electron chi connectivity index (χ4n) is 3.98. The number of benzene rings is 1. The van der Waals surface area contributed by atoms with E-state index in [4.69, 9.17) is 0 Å². The van der Waals surface area contributed by atoms with Crippen LogP contribution in [-0.2, 0) is 11.3 Å². The monoisotopic (exact) mass is 426 g/mol. The van der Waals surface area contributed by atoms with Crippen molar-refractivity contribution in [1.82, 2.24) is 19.7 Å². The molecule has 0 N–H and O–H groups in total. The molecule has 1 fully saturated rings. The van der Waals surface area contributed by atoms with Crippen molar-refractivity contribution in [2.45, 2.75) is 32.0 Å². The summed E-state index contributed by atoms with van der Waals surface area (Å²) in [6.07, 6.45) is 1.20. The number of aromatic nitrogens is 3. The summed E-state index contributed by atoms with van der Waals surface area (Å²) in [4.78, 5) is 15.9. The van der Waals surface area contributed by atoms with Gasteiger partial charge in [-0.25, -0.2) is 0 Å². The van der Waals surface area contributed by atoms with E-state index in [9.17, 15) is 4.79 Å². The molecule has 2 aromatic heterocycles. The molecule has 0 aliphatic carbocycles. The zero-order valence-corrected chi connectivity index (χ0v) is 18.5. The first-order valence-electron chi connectivity index (χ1n) is 10.0. The molecule has 3 aromatic rings. The maximum absolute atomic E-state index is 12.8. The van der Waals surface area contributed by atoms with Gasteiger partial charge >= 0.3 is 0 Å². The third-order valence-electron chi connectivity index (χ3n) is 5.19. The molecule has 1 saturated heterocycles. The van der Waals surface area contributed by atoms with E-state index in [1.807, 2.05) is 34.5 Å². The number of carbonyl (C=O) groups excluding carboxylic acids is 1. The second-order valence-electron chi connectivity index (χ2n) is 7.89. The predicted molar refractivity (Wildman–Crippen MR) is 119 cm³/mol. The van der Waals surface area contributed by atoms with Crippen LogP contribution in [-0.4, -0.2) is 44.4 Å². The van der Waals surface area contributed by atoms with E-state index in [-0.39, 0.29) is 5.91 Å². The lowest BCUT2D eigenvalue weighted by molar-refractivity contribution is -0.130. The number of nitrogens with zero attached hydrogens (tertiary/aromatic N) is 4. The van der Waals surface area contributed by atoms with Crippen LogP contribution >= 0.6 is 23.1 Å². The molecule has 0 radical (unpaired) electrons. The Balaban J connectivity index is 1.51. The van der Waals surface area contributed by atoms with Crippen molar-refractivity contribution >= 4 is 29.0 Å². The molecular formula is C22H26N4OS2. The fourth-order valence-corrected chi connectivity index (χ4v) is 5.53. The van der Waals surface area contributed by atoms with Gasteiger partial charge in [0.05, 0.1) is 17.2 Å². The average Bonchev–Trinajstić information content (AvgIpc) is 3.36. The summed E-state index contributed by atoms with van der Waals surface area (Å²) in [6, 6.07) is 14.4. The van der Waals surface area contributed by atoms with Gasteiger partial charge in [0.1, 0.15) is 0 Å². The highest BCUT2D eigenvalue weighted by atomic mass is 32.2. The van der Waals surface area contributed by atoms with Gasteiger partial charge in [0.2, 0.25) is 5.91 Å². The first kappa shape index (κ1) is 20.2. The Morgan fingerprint density at radius 1 is 1.10 bits per heavy atom. The smallest absolute Gasteiger partial charge is 0.233 e. The Labute approximate surface area is 180 Å². The Bertz CT molecular complexity index is 929. The second kappa shape index (κ2) is 9.13. The van der Waals surface area contributed by atoms with Crippen molar-refractivity contribution in [3.8, 4) is 10.7 Å². The highest BCUT2D eigenvalue weighted by molar-refractivity contribution is 7.99. The van der Waals surface area contributed by atoms with Crippen molar-refractivity contribution in [1.29, 1.82) is 0 Å². The molecule has 0 bridgehead atoms. The number of piperidine rings is 1. The molecule has 0 saturated carbocycles. The Morgan fingerprint density at radius 2 is 1.86 bits per heavy atom. The quantitative estimate of drug-likeness (QED) is 0.538. The van der Waals surface area contributed by atoms with Crippen LogP contribution in [0.4, 0.5) is 0 Å². The Hall–Kier alpha value is -2.12. The molecule has 5 nitrogen and oxygen atoms in total. The summed E-state index contributed by atoms with van der Waals surface area (Å²) in [6.45, 7) is 6.87. The SMILES string of the molecule is CC1CC(C)CN(C(=O)CSc2nnc(-c3cccs3)n2Cc2ccccc2)C1. The van der Waals surface area contributed by atoms with E-state index < -0.39 is 0 Å².